The molecule has 1 aliphatic rings. The van der Waals surface area contributed by atoms with Crippen LogP contribution in [0.2, 0.25) is 0 Å². The van der Waals surface area contributed by atoms with Gasteiger partial charge in [0, 0.05) is 0 Å². The van der Waals surface area contributed by atoms with Gasteiger partial charge in [-0.3, -0.25) is 0 Å². The van der Waals surface area contributed by atoms with E-state index >= 15 is 0 Å². The maximum absolute atomic E-state index is 12.9. The summed E-state index contributed by atoms with van der Waals surface area (Å²) in [5.74, 6) is 0.396. The Bertz CT molecular complexity index is 116. The molecule has 0 spiro atoms. The Hall–Kier alpha value is -0.370. The Kier molecular flexibility index (Phi) is 1.58. The number of alkyl halides is 1. The van der Waals surface area contributed by atoms with Crippen LogP contribution in [-0.4, -0.2) is 12.2 Å². The minimum absolute atomic E-state index is 0.396. The van der Waals surface area contributed by atoms with Gasteiger partial charge >= 0.3 is 0 Å². The van der Waals surface area contributed by atoms with Crippen molar-refractivity contribution in [3.63, 3.8) is 0 Å². The smallest absolute Gasteiger partial charge is 0.129 e. The van der Waals surface area contributed by atoms with Crippen LogP contribution in [0.25, 0.3) is 0 Å². The number of halogens is 1. The molecule has 0 aromatic rings. The second-order valence-electron chi connectivity index (χ2n) is 2.75. The molecule has 0 aliphatic heterocycles. The normalized spacial score (nSPS) is 41.8. The zero-order chi connectivity index (χ0) is 6.91. The van der Waals surface area contributed by atoms with Crippen molar-refractivity contribution in [2.75, 3.05) is 6.54 Å². The summed E-state index contributed by atoms with van der Waals surface area (Å²) in [5, 5.41) is 0. The molecule has 0 amide bonds. The lowest BCUT2D eigenvalue weighted by Gasteiger charge is -2.38. The molecule has 0 radical (unpaired) electrons. The lowest BCUT2D eigenvalue weighted by molar-refractivity contribution is 0.0590. The largest absolute Gasteiger partial charge is 0.330 e. The van der Waals surface area contributed by atoms with Crippen molar-refractivity contribution in [3.8, 4) is 0 Å². The van der Waals surface area contributed by atoms with Crippen molar-refractivity contribution < 1.29 is 4.39 Å². The molecule has 52 valence electrons. The molecule has 0 atom stereocenters. The van der Waals surface area contributed by atoms with Crippen molar-refractivity contribution in [1.82, 2.24) is 0 Å². The predicted octanol–water partition coefficient (Wildman–Crippen LogP) is 1.25. The standard InChI is InChI=1S/C7H12FN/c1-2-7(8)3-6(4-7)5-9/h2,6H,1,3-5,9H2. The zero-order valence-electron chi connectivity index (χ0n) is 5.44. The molecule has 2 heteroatoms. The number of hydrogen-bond acceptors (Lipinski definition) is 1. The first-order valence-electron chi connectivity index (χ1n) is 3.23. The molecule has 0 aromatic carbocycles. The lowest BCUT2D eigenvalue weighted by Crippen LogP contribution is -2.41. The summed E-state index contributed by atoms with van der Waals surface area (Å²) in [4.78, 5) is 0. The Labute approximate surface area is 54.7 Å². The average molecular weight is 129 g/mol. The van der Waals surface area contributed by atoms with E-state index in [-0.39, 0.29) is 0 Å². The predicted molar refractivity (Wildman–Crippen MR) is 35.8 cm³/mol. The Morgan fingerprint density at radius 3 is 2.67 bits per heavy atom. The molecule has 2 N–H and O–H groups in total. The van der Waals surface area contributed by atoms with Gasteiger partial charge in [0.15, 0.2) is 0 Å². The van der Waals surface area contributed by atoms with Gasteiger partial charge in [0.2, 0.25) is 0 Å². The molecule has 1 rings (SSSR count). The highest BCUT2D eigenvalue weighted by Crippen LogP contribution is 2.41. The van der Waals surface area contributed by atoms with E-state index in [0.29, 0.717) is 25.3 Å². The Morgan fingerprint density at radius 2 is 2.33 bits per heavy atom. The van der Waals surface area contributed by atoms with Crippen LogP contribution in [0.3, 0.4) is 0 Å². The minimum Gasteiger partial charge on any atom is -0.330 e. The summed E-state index contributed by atoms with van der Waals surface area (Å²) in [6.07, 6.45) is 2.54. The fourth-order valence-electron chi connectivity index (χ4n) is 1.23. The van der Waals surface area contributed by atoms with Crippen LogP contribution in [-0.2, 0) is 0 Å². The first-order valence-corrected chi connectivity index (χ1v) is 3.23. The van der Waals surface area contributed by atoms with Gasteiger partial charge in [-0.2, -0.15) is 0 Å². The van der Waals surface area contributed by atoms with E-state index in [1.807, 2.05) is 0 Å². The maximum atomic E-state index is 12.9. The number of nitrogens with two attached hydrogens (primary N) is 1. The first-order chi connectivity index (χ1) is 4.20. The van der Waals surface area contributed by atoms with Crippen molar-refractivity contribution >= 4 is 0 Å². The van der Waals surface area contributed by atoms with Crippen LogP contribution < -0.4 is 5.73 Å². The van der Waals surface area contributed by atoms with Crippen LogP contribution in [0.15, 0.2) is 12.7 Å². The van der Waals surface area contributed by atoms with E-state index in [1.165, 1.54) is 6.08 Å². The average Bonchev–Trinajstić information content (AvgIpc) is 1.81. The molecule has 1 nitrogen and oxygen atoms in total. The maximum Gasteiger partial charge on any atom is 0.129 e. The molecule has 1 fully saturated rings. The molecule has 0 aromatic heterocycles. The second-order valence-corrected chi connectivity index (χ2v) is 2.75. The van der Waals surface area contributed by atoms with E-state index in [0.717, 1.165) is 0 Å². The van der Waals surface area contributed by atoms with Gasteiger partial charge in [-0.15, -0.1) is 0 Å². The van der Waals surface area contributed by atoms with Gasteiger partial charge in [0.25, 0.3) is 0 Å². The van der Waals surface area contributed by atoms with Crippen molar-refractivity contribution in [1.29, 1.82) is 0 Å². The van der Waals surface area contributed by atoms with Gasteiger partial charge in [0.05, 0.1) is 0 Å². The fraction of sp³-hybridized carbons (Fsp3) is 0.714. The molecule has 1 aliphatic carbocycles. The van der Waals surface area contributed by atoms with Crippen LogP contribution in [0.4, 0.5) is 4.39 Å². The van der Waals surface area contributed by atoms with Crippen LogP contribution in [0, 0.1) is 5.92 Å². The van der Waals surface area contributed by atoms with E-state index in [1.54, 1.807) is 0 Å². The lowest BCUT2D eigenvalue weighted by atomic mass is 9.72. The summed E-state index contributed by atoms with van der Waals surface area (Å²) < 4.78 is 12.9. The molecule has 0 saturated heterocycles. The van der Waals surface area contributed by atoms with Gasteiger partial charge in [-0.25, -0.2) is 4.39 Å². The fourth-order valence-corrected chi connectivity index (χ4v) is 1.23. The van der Waals surface area contributed by atoms with E-state index < -0.39 is 5.67 Å². The van der Waals surface area contributed by atoms with Crippen molar-refractivity contribution in [3.05, 3.63) is 12.7 Å². The monoisotopic (exact) mass is 129 g/mol. The molecular formula is C7H12FN. The van der Waals surface area contributed by atoms with E-state index in [2.05, 4.69) is 6.58 Å². The third kappa shape index (κ3) is 1.13. The molecular weight excluding hydrogens is 117 g/mol. The van der Waals surface area contributed by atoms with E-state index in [4.69, 9.17) is 5.73 Å². The summed E-state index contributed by atoms with van der Waals surface area (Å²) in [6, 6.07) is 0. The van der Waals surface area contributed by atoms with Crippen molar-refractivity contribution in [2.45, 2.75) is 18.5 Å². The highest BCUT2D eigenvalue weighted by molar-refractivity contribution is 5.06. The molecule has 9 heavy (non-hydrogen) atoms. The van der Waals surface area contributed by atoms with Crippen LogP contribution in [0.1, 0.15) is 12.8 Å². The number of hydrogen-bond donors (Lipinski definition) is 1. The summed E-state index contributed by atoms with van der Waals surface area (Å²) in [5.41, 5.74) is 4.23. The third-order valence-corrected chi connectivity index (χ3v) is 1.96. The summed E-state index contributed by atoms with van der Waals surface area (Å²) in [6.45, 7) is 4.02. The van der Waals surface area contributed by atoms with Crippen LogP contribution >= 0.6 is 0 Å². The molecule has 0 bridgehead atoms. The highest BCUT2D eigenvalue weighted by atomic mass is 19.1. The molecule has 0 unspecified atom stereocenters. The van der Waals surface area contributed by atoms with E-state index in [9.17, 15) is 4.39 Å². The van der Waals surface area contributed by atoms with Gasteiger partial charge in [-0.05, 0) is 25.3 Å². The third-order valence-electron chi connectivity index (χ3n) is 1.96. The molecule has 1 saturated carbocycles. The topological polar surface area (TPSA) is 26.0 Å². The quantitative estimate of drug-likeness (QED) is 0.558. The minimum atomic E-state index is -1.08. The second kappa shape index (κ2) is 2.10. The summed E-state index contributed by atoms with van der Waals surface area (Å²) in [7, 11) is 0. The van der Waals surface area contributed by atoms with Gasteiger partial charge in [0.1, 0.15) is 5.67 Å². The number of rotatable bonds is 2. The molecule has 0 heterocycles. The SMILES string of the molecule is C=CC1(F)CC(CN)C1. The van der Waals surface area contributed by atoms with Crippen LogP contribution in [0.5, 0.6) is 0 Å². The van der Waals surface area contributed by atoms with Crippen molar-refractivity contribution in [2.24, 2.45) is 11.7 Å². The Morgan fingerprint density at radius 1 is 1.78 bits per heavy atom. The number of allylic oxidation sites excluding steroid dienone is 1. The first kappa shape index (κ1) is 6.75. The van der Waals surface area contributed by atoms with Gasteiger partial charge < -0.3 is 5.73 Å². The highest BCUT2D eigenvalue weighted by Gasteiger charge is 2.41. The summed E-state index contributed by atoms with van der Waals surface area (Å²) >= 11 is 0. The zero-order valence-corrected chi connectivity index (χ0v) is 5.44. The Balaban J connectivity index is 2.32. The van der Waals surface area contributed by atoms with Gasteiger partial charge in [-0.1, -0.05) is 12.7 Å².